The molecule has 39 heavy (non-hydrogen) atoms. The van der Waals surface area contributed by atoms with Gasteiger partial charge in [-0.15, -0.1) is 10.2 Å². The van der Waals surface area contributed by atoms with Crippen molar-refractivity contribution < 1.29 is 9.59 Å². The third-order valence-electron chi connectivity index (χ3n) is 6.58. The maximum Gasteiger partial charge on any atom is 0.251 e. The van der Waals surface area contributed by atoms with Gasteiger partial charge in [0.1, 0.15) is 0 Å². The van der Waals surface area contributed by atoms with Crippen molar-refractivity contribution in [2.45, 2.75) is 55.2 Å². The molecule has 7 nitrogen and oxygen atoms in total. The number of para-hydroxylation sites is 2. The van der Waals surface area contributed by atoms with Gasteiger partial charge in [-0.3, -0.25) is 14.5 Å². The Labute approximate surface area is 237 Å². The highest BCUT2D eigenvalue weighted by molar-refractivity contribution is 8.00. The molecule has 3 aromatic carbocycles. The number of benzene rings is 3. The fraction of sp³-hybridized carbons (Fsp3) is 0.267. The average Bonchev–Trinajstić information content (AvgIpc) is 3.35. The molecule has 0 saturated heterocycles. The van der Waals surface area contributed by atoms with Crippen molar-refractivity contribution in [3.05, 3.63) is 89.7 Å². The van der Waals surface area contributed by atoms with Crippen molar-refractivity contribution in [3.63, 3.8) is 0 Å². The molecule has 2 amide bonds. The molecule has 2 heterocycles. The van der Waals surface area contributed by atoms with Crippen molar-refractivity contribution in [2.75, 3.05) is 10.7 Å². The van der Waals surface area contributed by atoms with E-state index in [1.165, 1.54) is 11.8 Å². The minimum absolute atomic E-state index is 0.0273. The molecule has 1 N–H and O–H groups in total. The van der Waals surface area contributed by atoms with E-state index in [1.54, 1.807) is 16.7 Å². The van der Waals surface area contributed by atoms with Gasteiger partial charge >= 0.3 is 0 Å². The Hall–Kier alpha value is -3.56. The molecule has 5 rings (SSSR count). The number of hydrogen-bond acceptors (Lipinski definition) is 6. The van der Waals surface area contributed by atoms with E-state index < -0.39 is 0 Å². The first kappa shape index (κ1) is 27.0. The summed E-state index contributed by atoms with van der Waals surface area (Å²) in [5, 5.41) is 12.7. The summed E-state index contributed by atoms with van der Waals surface area (Å²) in [6.45, 7) is 8.71. The molecule has 0 bridgehead atoms. The first-order chi connectivity index (χ1) is 18.9. The molecule has 1 atom stereocenters. The van der Waals surface area contributed by atoms with Crippen molar-refractivity contribution in [1.82, 2.24) is 20.1 Å². The summed E-state index contributed by atoms with van der Waals surface area (Å²) in [7, 11) is 0. The van der Waals surface area contributed by atoms with Gasteiger partial charge in [0.15, 0.2) is 11.0 Å². The van der Waals surface area contributed by atoms with E-state index in [0.717, 1.165) is 26.7 Å². The lowest BCUT2D eigenvalue weighted by Crippen LogP contribution is -2.34. The lowest BCUT2D eigenvalue weighted by Gasteiger charge is -2.31. The van der Waals surface area contributed by atoms with Crippen LogP contribution in [0.25, 0.3) is 0 Å². The number of amides is 2. The summed E-state index contributed by atoms with van der Waals surface area (Å²) in [6, 6.07) is 23.2. The molecule has 1 aliphatic rings. The Kier molecular flexibility index (Phi) is 8.09. The van der Waals surface area contributed by atoms with E-state index in [2.05, 4.69) is 29.4 Å². The van der Waals surface area contributed by atoms with Crippen LogP contribution in [0.1, 0.15) is 48.6 Å². The SMILES string of the molecule is CCn1c(SCC(=O)N2c3ccccc3Sc3ccccc32)nnc1C(NC(=O)c1cccc(C)c1)C(C)C. The van der Waals surface area contributed by atoms with Crippen LogP contribution in [0.15, 0.2) is 87.7 Å². The maximum absolute atomic E-state index is 13.7. The smallest absolute Gasteiger partial charge is 0.251 e. The van der Waals surface area contributed by atoms with Crippen molar-refractivity contribution >= 4 is 46.7 Å². The molecule has 0 spiro atoms. The van der Waals surface area contributed by atoms with Gasteiger partial charge < -0.3 is 9.88 Å². The van der Waals surface area contributed by atoms with Gasteiger partial charge in [0.25, 0.3) is 5.91 Å². The van der Waals surface area contributed by atoms with Crippen molar-refractivity contribution in [1.29, 1.82) is 0 Å². The Morgan fingerprint density at radius 1 is 0.949 bits per heavy atom. The lowest BCUT2D eigenvalue weighted by molar-refractivity contribution is -0.115. The summed E-state index contributed by atoms with van der Waals surface area (Å²) in [6.07, 6.45) is 0. The highest BCUT2D eigenvalue weighted by Crippen LogP contribution is 2.48. The lowest BCUT2D eigenvalue weighted by atomic mass is 10.0. The highest BCUT2D eigenvalue weighted by Gasteiger charge is 2.30. The fourth-order valence-corrected chi connectivity index (χ4v) is 6.56. The molecular weight excluding hydrogens is 526 g/mol. The summed E-state index contributed by atoms with van der Waals surface area (Å²) >= 11 is 3.04. The standard InChI is InChI=1S/C30H31N5O2S2/c1-5-34-28(27(19(2)3)31-29(37)21-12-10-11-20(4)17-21)32-33-30(34)38-18-26(36)35-22-13-6-8-15-24(22)39-25-16-9-7-14-23(25)35/h6-17,19,27H,5,18H2,1-4H3,(H,31,37). The number of carbonyl (C=O) groups is 2. The minimum Gasteiger partial charge on any atom is -0.342 e. The molecule has 200 valence electrons. The van der Waals surface area contributed by atoms with Gasteiger partial charge in [-0.2, -0.15) is 0 Å². The van der Waals surface area contributed by atoms with Gasteiger partial charge in [0.05, 0.1) is 23.2 Å². The summed E-state index contributed by atoms with van der Waals surface area (Å²) in [5.74, 6) is 0.807. The fourth-order valence-electron chi connectivity index (χ4n) is 4.64. The number of aromatic nitrogens is 3. The highest BCUT2D eigenvalue weighted by atomic mass is 32.2. The zero-order valence-corrected chi connectivity index (χ0v) is 24.1. The zero-order chi connectivity index (χ0) is 27.5. The first-order valence-electron chi connectivity index (χ1n) is 13.0. The van der Waals surface area contributed by atoms with Gasteiger partial charge in [-0.1, -0.05) is 79.3 Å². The van der Waals surface area contributed by atoms with Crippen LogP contribution >= 0.6 is 23.5 Å². The number of fused-ring (bicyclic) bond motifs is 2. The average molecular weight is 558 g/mol. The van der Waals surface area contributed by atoms with E-state index >= 15 is 0 Å². The third-order valence-corrected chi connectivity index (χ3v) is 8.66. The normalized spacial score (nSPS) is 13.1. The number of thioether (sulfide) groups is 1. The molecule has 0 aliphatic carbocycles. The molecule has 1 aliphatic heterocycles. The monoisotopic (exact) mass is 557 g/mol. The molecule has 0 saturated carbocycles. The summed E-state index contributed by atoms with van der Waals surface area (Å²) in [4.78, 5) is 30.6. The summed E-state index contributed by atoms with van der Waals surface area (Å²) < 4.78 is 1.99. The van der Waals surface area contributed by atoms with Crippen LogP contribution in [0.5, 0.6) is 0 Å². The third kappa shape index (κ3) is 5.60. The van der Waals surface area contributed by atoms with Crippen molar-refractivity contribution in [3.8, 4) is 0 Å². The minimum atomic E-state index is -0.326. The zero-order valence-electron chi connectivity index (χ0n) is 22.4. The number of rotatable bonds is 8. The predicted octanol–water partition coefficient (Wildman–Crippen LogP) is 6.66. The van der Waals surface area contributed by atoms with E-state index in [-0.39, 0.29) is 29.5 Å². The first-order valence-corrected chi connectivity index (χ1v) is 14.8. The number of aryl methyl sites for hydroxylation is 1. The molecule has 1 unspecified atom stereocenters. The Bertz CT molecular complexity index is 1470. The van der Waals surface area contributed by atoms with Gasteiger partial charge in [-0.25, -0.2) is 0 Å². The molecule has 0 radical (unpaired) electrons. The van der Waals surface area contributed by atoms with Crippen LogP contribution in [0.3, 0.4) is 0 Å². The maximum atomic E-state index is 13.7. The van der Waals surface area contributed by atoms with Gasteiger partial charge in [-0.05, 0) is 56.2 Å². The van der Waals surface area contributed by atoms with Crippen LogP contribution in [-0.2, 0) is 11.3 Å². The number of nitrogens with zero attached hydrogens (tertiary/aromatic N) is 4. The number of nitrogens with one attached hydrogen (secondary N) is 1. The van der Waals surface area contributed by atoms with E-state index in [0.29, 0.717) is 23.1 Å². The van der Waals surface area contributed by atoms with Crippen LogP contribution in [0.2, 0.25) is 0 Å². The Morgan fingerprint density at radius 2 is 1.62 bits per heavy atom. The molecule has 1 aromatic heterocycles. The van der Waals surface area contributed by atoms with Gasteiger partial charge in [0, 0.05) is 21.9 Å². The van der Waals surface area contributed by atoms with Crippen LogP contribution < -0.4 is 10.2 Å². The van der Waals surface area contributed by atoms with Crippen LogP contribution in [0, 0.1) is 12.8 Å². The van der Waals surface area contributed by atoms with E-state index in [9.17, 15) is 9.59 Å². The van der Waals surface area contributed by atoms with Crippen LogP contribution in [0.4, 0.5) is 11.4 Å². The quantitative estimate of drug-likeness (QED) is 0.244. The molecule has 0 fully saturated rings. The largest absolute Gasteiger partial charge is 0.342 e. The van der Waals surface area contributed by atoms with E-state index in [4.69, 9.17) is 0 Å². The number of carbonyl (C=O) groups excluding carboxylic acids is 2. The second-order valence-corrected chi connectivity index (χ2v) is 11.7. The molecule has 4 aromatic rings. The second kappa shape index (κ2) is 11.7. The predicted molar refractivity (Wildman–Crippen MR) is 157 cm³/mol. The number of hydrogen-bond donors (Lipinski definition) is 1. The Morgan fingerprint density at radius 3 is 2.23 bits per heavy atom. The Balaban J connectivity index is 1.36. The molecule has 9 heteroatoms. The molecular formula is C30H31N5O2S2. The summed E-state index contributed by atoms with van der Waals surface area (Å²) in [5.41, 5.74) is 3.43. The van der Waals surface area contributed by atoms with Crippen LogP contribution in [-0.4, -0.2) is 32.3 Å². The second-order valence-electron chi connectivity index (χ2n) is 9.70. The van der Waals surface area contributed by atoms with Gasteiger partial charge in [0.2, 0.25) is 5.91 Å². The topological polar surface area (TPSA) is 80.1 Å². The van der Waals surface area contributed by atoms with Crippen molar-refractivity contribution in [2.24, 2.45) is 5.92 Å². The number of anilines is 2. The van der Waals surface area contributed by atoms with E-state index in [1.807, 2.05) is 91.2 Å².